The molecule has 0 bridgehead atoms. The Morgan fingerprint density at radius 1 is 1.00 bits per heavy atom. The highest BCUT2D eigenvalue weighted by molar-refractivity contribution is 5.87. The van der Waals surface area contributed by atoms with Crippen molar-refractivity contribution in [2.24, 2.45) is 5.92 Å². The van der Waals surface area contributed by atoms with Gasteiger partial charge in [0, 0.05) is 5.92 Å². The molecule has 0 spiro atoms. The van der Waals surface area contributed by atoms with Gasteiger partial charge in [-0.15, -0.1) is 0 Å². The average Bonchev–Trinajstić information content (AvgIpc) is 3.02. The minimum Gasteiger partial charge on any atom is -0.478 e. The van der Waals surface area contributed by atoms with E-state index in [-0.39, 0.29) is 6.29 Å². The van der Waals surface area contributed by atoms with E-state index in [9.17, 15) is 4.79 Å². The van der Waals surface area contributed by atoms with Crippen molar-refractivity contribution in [3.8, 4) is 0 Å². The van der Waals surface area contributed by atoms with E-state index in [1.54, 1.807) is 12.1 Å². The predicted molar refractivity (Wildman–Crippen MR) is 73.8 cm³/mol. The molecule has 1 N–H and O–H groups in total. The van der Waals surface area contributed by atoms with Crippen molar-refractivity contribution >= 4 is 5.97 Å². The quantitative estimate of drug-likeness (QED) is 0.922. The van der Waals surface area contributed by atoms with Crippen LogP contribution in [0.2, 0.25) is 0 Å². The van der Waals surface area contributed by atoms with Gasteiger partial charge in [0.05, 0.1) is 18.8 Å². The van der Waals surface area contributed by atoms with E-state index in [0.717, 1.165) is 38.9 Å². The molecule has 1 saturated heterocycles. The molecule has 0 unspecified atom stereocenters. The number of aromatic carboxylic acids is 1. The standard InChI is InChI=1S/C16H20O4/c17-15(18)13-5-1-11(2-6-13)12-3-7-14(8-4-12)16-19-9-10-20-16/h1-2,5-6,12,14,16H,3-4,7-10H2,(H,17,18). The molecule has 1 saturated carbocycles. The third-order valence-corrected chi connectivity index (χ3v) is 4.43. The Morgan fingerprint density at radius 2 is 1.60 bits per heavy atom. The smallest absolute Gasteiger partial charge is 0.335 e. The normalized spacial score (nSPS) is 27.6. The summed E-state index contributed by atoms with van der Waals surface area (Å²) in [6, 6.07) is 7.31. The molecule has 1 aliphatic heterocycles. The molecule has 0 radical (unpaired) electrons. The van der Waals surface area contributed by atoms with Crippen molar-refractivity contribution in [1.82, 2.24) is 0 Å². The molecule has 1 aromatic carbocycles. The van der Waals surface area contributed by atoms with E-state index in [1.807, 2.05) is 12.1 Å². The first-order chi connectivity index (χ1) is 9.74. The summed E-state index contributed by atoms with van der Waals surface area (Å²) in [6.45, 7) is 1.45. The number of hydrogen-bond donors (Lipinski definition) is 1. The van der Waals surface area contributed by atoms with E-state index in [4.69, 9.17) is 14.6 Å². The van der Waals surface area contributed by atoms with Gasteiger partial charge in [-0.3, -0.25) is 0 Å². The van der Waals surface area contributed by atoms with E-state index < -0.39 is 5.97 Å². The van der Waals surface area contributed by atoms with Crippen LogP contribution < -0.4 is 0 Å². The molecule has 1 heterocycles. The minimum atomic E-state index is -0.865. The Kier molecular flexibility index (Phi) is 4.03. The SMILES string of the molecule is O=C(O)c1ccc(C2CCC(C3OCCO3)CC2)cc1. The van der Waals surface area contributed by atoms with E-state index >= 15 is 0 Å². The van der Waals surface area contributed by atoms with Gasteiger partial charge in [-0.25, -0.2) is 4.79 Å². The van der Waals surface area contributed by atoms with Crippen LogP contribution in [0.5, 0.6) is 0 Å². The van der Waals surface area contributed by atoms with Crippen molar-refractivity contribution < 1.29 is 19.4 Å². The van der Waals surface area contributed by atoms with Gasteiger partial charge in [-0.05, 0) is 49.3 Å². The lowest BCUT2D eigenvalue weighted by Crippen LogP contribution is -2.26. The van der Waals surface area contributed by atoms with E-state index in [0.29, 0.717) is 17.4 Å². The van der Waals surface area contributed by atoms with Crippen LogP contribution in [0.3, 0.4) is 0 Å². The molecule has 4 heteroatoms. The molecular formula is C16H20O4. The summed E-state index contributed by atoms with van der Waals surface area (Å²) in [5, 5.41) is 8.91. The summed E-state index contributed by atoms with van der Waals surface area (Å²) in [5.41, 5.74) is 1.61. The Balaban J connectivity index is 1.58. The molecular weight excluding hydrogens is 256 g/mol. The van der Waals surface area contributed by atoms with Gasteiger partial charge < -0.3 is 14.6 Å². The van der Waals surface area contributed by atoms with Crippen LogP contribution in [0.25, 0.3) is 0 Å². The molecule has 1 aliphatic carbocycles. The molecule has 108 valence electrons. The largest absolute Gasteiger partial charge is 0.478 e. The molecule has 2 aliphatic rings. The monoisotopic (exact) mass is 276 g/mol. The molecule has 0 aromatic heterocycles. The summed E-state index contributed by atoms with van der Waals surface area (Å²) < 4.78 is 11.2. The number of hydrogen-bond acceptors (Lipinski definition) is 3. The fourth-order valence-corrected chi connectivity index (χ4v) is 3.27. The highest BCUT2D eigenvalue weighted by Crippen LogP contribution is 2.38. The molecule has 0 amide bonds. The summed E-state index contributed by atoms with van der Waals surface area (Å²) >= 11 is 0. The maximum atomic E-state index is 10.9. The third kappa shape index (κ3) is 2.86. The Bertz CT molecular complexity index is 454. The van der Waals surface area contributed by atoms with Crippen LogP contribution in [0.4, 0.5) is 0 Å². The lowest BCUT2D eigenvalue weighted by molar-refractivity contribution is -0.0931. The zero-order valence-electron chi connectivity index (χ0n) is 11.5. The lowest BCUT2D eigenvalue weighted by Gasteiger charge is -2.31. The number of carboxylic acids is 1. The fourth-order valence-electron chi connectivity index (χ4n) is 3.27. The first-order valence-corrected chi connectivity index (χ1v) is 7.30. The number of rotatable bonds is 3. The second-order valence-electron chi connectivity index (χ2n) is 5.65. The second kappa shape index (κ2) is 5.94. The second-order valence-corrected chi connectivity index (χ2v) is 5.65. The van der Waals surface area contributed by atoms with E-state index in [1.165, 1.54) is 5.56 Å². The van der Waals surface area contributed by atoms with Crippen molar-refractivity contribution in [3.63, 3.8) is 0 Å². The first kappa shape index (κ1) is 13.6. The summed E-state index contributed by atoms with van der Waals surface area (Å²) in [7, 11) is 0. The first-order valence-electron chi connectivity index (χ1n) is 7.30. The predicted octanol–water partition coefficient (Wildman–Crippen LogP) is 3.03. The van der Waals surface area contributed by atoms with Crippen LogP contribution in [0.1, 0.15) is 47.5 Å². The number of carboxylic acid groups (broad SMARTS) is 1. The van der Waals surface area contributed by atoms with Crippen molar-refractivity contribution in [2.45, 2.75) is 37.9 Å². The zero-order chi connectivity index (χ0) is 13.9. The van der Waals surface area contributed by atoms with Crippen molar-refractivity contribution in [1.29, 1.82) is 0 Å². The van der Waals surface area contributed by atoms with E-state index in [2.05, 4.69) is 0 Å². The van der Waals surface area contributed by atoms with Crippen molar-refractivity contribution in [3.05, 3.63) is 35.4 Å². The highest BCUT2D eigenvalue weighted by Gasteiger charge is 2.31. The molecule has 3 rings (SSSR count). The fraction of sp³-hybridized carbons (Fsp3) is 0.562. The van der Waals surface area contributed by atoms with Crippen LogP contribution in [-0.4, -0.2) is 30.6 Å². The van der Waals surface area contributed by atoms with Gasteiger partial charge in [0.1, 0.15) is 0 Å². The maximum Gasteiger partial charge on any atom is 0.335 e. The van der Waals surface area contributed by atoms with Crippen LogP contribution >= 0.6 is 0 Å². The van der Waals surface area contributed by atoms with Crippen molar-refractivity contribution in [2.75, 3.05) is 13.2 Å². The maximum absolute atomic E-state index is 10.9. The highest BCUT2D eigenvalue weighted by atomic mass is 16.7. The Morgan fingerprint density at radius 3 is 2.15 bits per heavy atom. The number of benzene rings is 1. The van der Waals surface area contributed by atoms with Crippen LogP contribution in [0.15, 0.2) is 24.3 Å². The number of carbonyl (C=O) groups is 1. The Hall–Kier alpha value is -1.39. The van der Waals surface area contributed by atoms with Gasteiger partial charge in [-0.2, -0.15) is 0 Å². The lowest BCUT2D eigenvalue weighted by atomic mass is 9.78. The van der Waals surface area contributed by atoms with Gasteiger partial charge in [-0.1, -0.05) is 12.1 Å². The average molecular weight is 276 g/mol. The summed E-state index contributed by atoms with van der Waals surface area (Å²) in [4.78, 5) is 10.9. The third-order valence-electron chi connectivity index (χ3n) is 4.43. The van der Waals surface area contributed by atoms with Gasteiger partial charge >= 0.3 is 5.97 Å². The van der Waals surface area contributed by atoms with Gasteiger partial charge in [0.25, 0.3) is 0 Å². The molecule has 0 atom stereocenters. The van der Waals surface area contributed by atoms with Gasteiger partial charge in [0.2, 0.25) is 0 Å². The molecule has 1 aromatic rings. The topological polar surface area (TPSA) is 55.8 Å². The molecule has 2 fully saturated rings. The summed E-state index contributed by atoms with van der Waals surface area (Å²) in [5.74, 6) is 0.193. The molecule has 4 nitrogen and oxygen atoms in total. The minimum absolute atomic E-state index is 0.00494. The molecule has 20 heavy (non-hydrogen) atoms. The Labute approximate surface area is 118 Å². The summed E-state index contributed by atoms with van der Waals surface area (Å²) in [6.07, 6.45) is 4.50. The number of ether oxygens (including phenoxy) is 2. The zero-order valence-corrected chi connectivity index (χ0v) is 11.5. The van der Waals surface area contributed by atoms with Gasteiger partial charge in [0.15, 0.2) is 6.29 Å². The van der Waals surface area contributed by atoms with Crippen LogP contribution in [0, 0.1) is 5.92 Å². The van der Waals surface area contributed by atoms with Crippen LogP contribution in [-0.2, 0) is 9.47 Å².